The van der Waals surface area contributed by atoms with Crippen LogP contribution in [-0.4, -0.2) is 54.5 Å². The normalized spacial score (nSPS) is 23.6. The van der Waals surface area contributed by atoms with E-state index in [9.17, 15) is 19.5 Å². The molecular weight excluding hydrogens is 472 g/mol. The molecule has 0 radical (unpaired) electrons. The monoisotopic (exact) mass is 502 g/mol. The van der Waals surface area contributed by atoms with Crippen LogP contribution in [-0.2, 0) is 19.1 Å². The number of likely N-dealkylation sites (tertiary alicyclic amines) is 1. The maximum absolute atomic E-state index is 13.8. The lowest BCUT2D eigenvalue weighted by Gasteiger charge is -2.37. The molecule has 3 aliphatic rings. The first-order valence-corrected chi connectivity index (χ1v) is 12.4. The highest BCUT2D eigenvalue weighted by Gasteiger charge is 2.43. The molecule has 8 nitrogen and oxygen atoms in total. The van der Waals surface area contributed by atoms with Crippen molar-refractivity contribution < 1.29 is 29.0 Å². The third-order valence-corrected chi connectivity index (χ3v) is 7.41. The first-order valence-electron chi connectivity index (χ1n) is 12.4. The van der Waals surface area contributed by atoms with Crippen molar-refractivity contribution >= 4 is 17.7 Å². The van der Waals surface area contributed by atoms with Gasteiger partial charge >= 0.3 is 5.97 Å². The number of nitrogens with zero attached hydrogens (tertiary/aromatic N) is 1. The Labute approximate surface area is 215 Å². The molecule has 2 aromatic rings. The Morgan fingerprint density at radius 1 is 1.08 bits per heavy atom. The molecule has 8 heteroatoms. The average molecular weight is 503 g/mol. The average Bonchev–Trinajstić information content (AvgIpc) is 3.18. The van der Waals surface area contributed by atoms with Gasteiger partial charge in [-0.2, -0.15) is 0 Å². The Balaban J connectivity index is 1.53. The van der Waals surface area contributed by atoms with E-state index < -0.39 is 18.0 Å². The molecule has 5 rings (SSSR count). The highest BCUT2D eigenvalue weighted by molar-refractivity contribution is 6.04. The summed E-state index contributed by atoms with van der Waals surface area (Å²) < 4.78 is 11.3. The molecular formula is C29H30N2O6. The van der Waals surface area contributed by atoms with Crippen LogP contribution in [0, 0.1) is 0 Å². The molecule has 2 aromatic carbocycles. The second kappa shape index (κ2) is 9.76. The number of esters is 1. The number of dihydropyridines is 1. The number of ether oxygens (including phenoxy) is 2. The molecule has 0 bridgehead atoms. The van der Waals surface area contributed by atoms with Gasteiger partial charge in [-0.3, -0.25) is 9.59 Å². The van der Waals surface area contributed by atoms with E-state index >= 15 is 0 Å². The zero-order valence-corrected chi connectivity index (χ0v) is 21.1. The summed E-state index contributed by atoms with van der Waals surface area (Å²) >= 11 is 0. The predicted molar refractivity (Wildman–Crippen MR) is 136 cm³/mol. The fourth-order valence-corrected chi connectivity index (χ4v) is 5.69. The van der Waals surface area contributed by atoms with Gasteiger partial charge in [0.1, 0.15) is 17.6 Å². The van der Waals surface area contributed by atoms with E-state index in [1.807, 2.05) is 24.3 Å². The Kier molecular flexibility index (Phi) is 6.50. The molecule has 192 valence electrons. The number of hydrogen-bond acceptors (Lipinski definition) is 7. The van der Waals surface area contributed by atoms with Crippen molar-refractivity contribution in [2.75, 3.05) is 20.7 Å². The molecule has 2 aliphatic heterocycles. The number of carbonyl (C=O) groups excluding carboxylic acids is 3. The summed E-state index contributed by atoms with van der Waals surface area (Å²) in [7, 11) is 3.29. The van der Waals surface area contributed by atoms with Gasteiger partial charge in [0, 0.05) is 42.3 Å². The molecule has 1 saturated heterocycles. The van der Waals surface area contributed by atoms with Gasteiger partial charge in [0.2, 0.25) is 5.91 Å². The number of amides is 1. The summed E-state index contributed by atoms with van der Waals surface area (Å²) in [6.45, 7) is 2.12. The lowest BCUT2D eigenvalue weighted by molar-refractivity contribution is -0.144. The second-order valence-corrected chi connectivity index (χ2v) is 9.86. The maximum atomic E-state index is 13.8. The number of nitrogens with one attached hydrogen (secondary N) is 1. The summed E-state index contributed by atoms with van der Waals surface area (Å²) in [5.74, 6) is -0.731. The van der Waals surface area contributed by atoms with Crippen LogP contribution in [0.2, 0.25) is 0 Å². The van der Waals surface area contributed by atoms with E-state index in [0.717, 1.165) is 17.0 Å². The summed E-state index contributed by atoms with van der Waals surface area (Å²) in [5, 5.41) is 13.6. The number of hydrogen-bond donors (Lipinski definition) is 2. The van der Waals surface area contributed by atoms with E-state index in [4.69, 9.17) is 9.47 Å². The molecule has 1 aliphatic carbocycles. The van der Waals surface area contributed by atoms with Crippen LogP contribution < -0.4 is 10.1 Å². The minimum Gasteiger partial charge on any atom is -0.508 e. The van der Waals surface area contributed by atoms with E-state index in [1.54, 1.807) is 45.3 Å². The maximum Gasteiger partial charge on any atom is 0.337 e. The number of likely N-dealkylation sites (N-methyl/N-ethyl adjacent to an activating group) is 1. The highest BCUT2D eigenvalue weighted by Crippen LogP contribution is 2.47. The van der Waals surface area contributed by atoms with Gasteiger partial charge in [-0.15, -0.1) is 0 Å². The molecule has 2 N–H and O–H groups in total. The fraction of sp³-hybridized carbons (Fsp3) is 0.345. The first-order chi connectivity index (χ1) is 17.8. The lowest BCUT2D eigenvalue weighted by Crippen LogP contribution is -2.37. The minimum atomic E-state index is -0.697. The van der Waals surface area contributed by atoms with Crippen molar-refractivity contribution in [3.8, 4) is 11.5 Å². The number of rotatable bonds is 5. The number of methoxy groups -OCH3 is 1. The van der Waals surface area contributed by atoms with Gasteiger partial charge in [-0.1, -0.05) is 30.3 Å². The number of carbonyl (C=O) groups is 3. The van der Waals surface area contributed by atoms with Crippen LogP contribution in [0.25, 0.3) is 0 Å². The van der Waals surface area contributed by atoms with Gasteiger partial charge in [-0.05, 0) is 42.7 Å². The van der Waals surface area contributed by atoms with Gasteiger partial charge in [0.05, 0.1) is 25.6 Å². The predicted octanol–water partition coefficient (Wildman–Crippen LogP) is 3.54. The summed E-state index contributed by atoms with van der Waals surface area (Å²) in [6.07, 6.45) is 0.409. The molecule has 3 unspecified atom stereocenters. The van der Waals surface area contributed by atoms with Crippen LogP contribution in [0.1, 0.15) is 49.1 Å². The Morgan fingerprint density at radius 2 is 1.86 bits per heavy atom. The number of phenolic OH excluding ortho intramolecular Hbond substituents is 1. The third kappa shape index (κ3) is 4.59. The summed E-state index contributed by atoms with van der Waals surface area (Å²) in [4.78, 5) is 40.8. The van der Waals surface area contributed by atoms with Crippen molar-refractivity contribution in [1.29, 1.82) is 0 Å². The number of ketones is 1. The van der Waals surface area contributed by atoms with E-state index in [0.29, 0.717) is 35.4 Å². The van der Waals surface area contributed by atoms with Crippen molar-refractivity contribution in [2.24, 2.45) is 0 Å². The molecule has 3 atom stereocenters. The van der Waals surface area contributed by atoms with Crippen LogP contribution in [0.3, 0.4) is 0 Å². The van der Waals surface area contributed by atoms with Gasteiger partial charge in [0.15, 0.2) is 5.78 Å². The summed E-state index contributed by atoms with van der Waals surface area (Å²) in [5.41, 5.74) is 3.75. The lowest BCUT2D eigenvalue weighted by atomic mass is 9.71. The molecule has 2 heterocycles. The third-order valence-electron chi connectivity index (χ3n) is 7.41. The smallest absolute Gasteiger partial charge is 0.337 e. The second-order valence-electron chi connectivity index (χ2n) is 9.86. The van der Waals surface area contributed by atoms with Gasteiger partial charge in [0.25, 0.3) is 0 Å². The number of para-hydroxylation sites is 1. The number of allylic oxidation sites excluding steroid dienone is 3. The van der Waals surface area contributed by atoms with Crippen LogP contribution >= 0.6 is 0 Å². The molecule has 0 spiro atoms. The highest BCUT2D eigenvalue weighted by atomic mass is 16.5. The largest absolute Gasteiger partial charge is 0.508 e. The molecule has 1 fully saturated rings. The van der Waals surface area contributed by atoms with Gasteiger partial charge in [-0.25, -0.2) is 4.79 Å². The Hall–Kier alpha value is -4.07. The van der Waals surface area contributed by atoms with E-state index in [-0.39, 0.29) is 36.2 Å². The number of aromatic hydroxyl groups is 1. The SMILES string of the molecule is COc1ccccc1C1CC(=O)C2=C(C1)NC(C)=C(C(=O)OC1CC(=O)N(C)C1)C2c1cccc(O)c1. The van der Waals surface area contributed by atoms with Crippen LogP contribution in [0.4, 0.5) is 0 Å². The van der Waals surface area contributed by atoms with Gasteiger partial charge < -0.3 is 24.8 Å². The molecule has 0 aromatic heterocycles. The Bertz CT molecular complexity index is 1340. The fourth-order valence-electron chi connectivity index (χ4n) is 5.69. The van der Waals surface area contributed by atoms with E-state index in [2.05, 4.69) is 5.32 Å². The van der Waals surface area contributed by atoms with Crippen molar-refractivity contribution in [2.45, 2.75) is 44.1 Å². The zero-order valence-electron chi connectivity index (χ0n) is 21.1. The number of Topliss-reactive ketones (excluding diaryl/α,β-unsaturated/α-hetero) is 1. The molecule has 1 amide bonds. The van der Waals surface area contributed by atoms with E-state index in [1.165, 1.54) is 4.90 Å². The first kappa shape index (κ1) is 24.6. The molecule has 0 saturated carbocycles. The quantitative estimate of drug-likeness (QED) is 0.603. The topological polar surface area (TPSA) is 105 Å². The minimum absolute atomic E-state index is 0.0433. The van der Waals surface area contributed by atoms with Crippen molar-refractivity contribution in [3.05, 3.63) is 82.2 Å². The van der Waals surface area contributed by atoms with Crippen molar-refractivity contribution in [3.63, 3.8) is 0 Å². The number of benzene rings is 2. The van der Waals surface area contributed by atoms with Crippen LogP contribution in [0.15, 0.2) is 71.1 Å². The standard InChI is InChI=1S/C29H30N2O6/c1-16-26(29(35)37-20-14-25(34)31(2)15-20)27(17-7-6-8-19(32)11-17)28-22(30-16)12-18(13-23(28)33)21-9-4-5-10-24(21)36-3/h4-11,18,20,27,30,32H,12-15H2,1-3H3. The molecule has 37 heavy (non-hydrogen) atoms. The Morgan fingerprint density at radius 3 is 2.57 bits per heavy atom. The number of phenols is 1. The summed E-state index contributed by atoms with van der Waals surface area (Å²) in [6, 6.07) is 14.3. The van der Waals surface area contributed by atoms with Crippen molar-refractivity contribution in [1.82, 2.24) is 10.2 Å². The van der Waals surface area contributed by atoms with Crippen LogP contribution in [0.5, 0.6) is 11.5 Å². The zero-order chi connectivity index (χ0) is 26.3.